The fraction of sp³-hybridized carbons (Fsp3) is 0.429. The van der Waals surface area contributed by atoms with E-state index in [0.29, 0.717) is 17.8 Å². The molecule has 0 aliphatic heterocycles. The van der Waals surface area contributed by atoms with Gasteiger partial charge in [0.1, 0.15) is 5.75 Å². The predicted molar refractivity (Wildman–Crippen MR) is 111 cm³/mol. The first-order valence-corrected chi connectivity index (χ1v) is 9.77. The molecule has 130 valence electrons. The van der Waals surface area contributed by atoms with Crippen LogP contribution < -0.4 is 0 Å². The van der Waals surface area contributed by atoms with E-state index >= 15 is 0 Å². The lowest BCUT2D eigenvalue weighted by Crippen LogP contribution is -2.38. The average Bonchev–Trinajstić information content (AvgIpc) is 2.53. The highest BCUT2D eigenvalue weighted by Crippen LogP contribution is 2.36. The largest absolute Gasteiger partial charge is 0.508 e. The van der Waals surface area contributed by atoms with Crippen LogP contribution in [0.2, 0.25) is 0 Å². The van der Waals surface area contributed by atoms with Crippen molar-refractivity contribution in [2.45, 2.75) is 52.1 Å². The maximum atomic E-state index is 10.4. The average molecular weight is 437 g/mol. The molecule has 0 aliphatic carbocycles. The van der Waals surface area contributed by atoms with Crippen molar-refractivity contribution in [2.24, 2.45) is 0 Å². The van der Waals surface area contributed by atoms with Gasteiger partial charge in [0.05, 0.1) is 0 Å². The molecule has 2 rings (SSSR count). The van der Waals surface area contributed by atoms with Crippen molar-refractivity contribution in [3.8, 4) is 5.75 Å². The molecule has 24 heavy (non-hydrogen) atoms. The molecule has 1 atom stereocenters. The van der Waals surface area contributed by atoms with Gasteiger partial charge >= 0.3 is 0 Å². The first-order valence-electron chi connectivity index (χ1n) is 8.69. The zero-order valence-corrected chi connectivity index (χ0v) is 17.2. The van der Waals surface area contributed by atoms with Gasteiger partial charge in [0.15, 0.2) is 0 Å². The van der Waals surface area contributed by atoms with Crippen molar-refractivity contribution in [1.29, 1.82) is 0 Å². The molecule has 0 saturated heterocycles. The van der Waals surface area contributed by atoms with E-state index in [0.717, 1.165) is 18.5 Å². The van der Waals surface area contributed by atoms with Crippen LogP contribution in [0, 0.1) is 3.57 Å². The van der Waals surface area contributed by atoms with Gasteiger partial charge in [-0.1, -0.05) is 36.4 Å². The van der Waals surface area contributed by atoms with Gasteiger partial charge in [-0.05, 0) is 80.9 Å². The van der Waals surface area contributed by atoms with Gasteiger partial charge in [-0.2, -0.15) is 0 Å². The van der Waals surface area contributed by atoms with Gasteiger partial charge in [-0.25, -0.2) is 0 Å². The summed E-state index contributed by atoms with van der Waals surface area (Å²) in [7, 11) is 0. The third-order valence-corrected chi connectivity index (χ3v) is 5.58. The molecular formula is C21H28INO. The van der Waals surface area contributed by atoms with Crippen LogP contribution in [0.15, 0.2) is 48.5 Å². The number of aromatic hydroxyl groups is 1. The van der Waals surface area contributed by atoms with Crippen molar-refractivity contribution >= 4 is 22.6 Å². The Morgan fingerprint density at radius 2 is 1.42 bits per heavy atom. The maximum absolute atomic E-state index is 10.4. The Hall–Kier alpha value is -1.07. The summed E-state index contributed by atoms with van der Waals surface area (Å²) >= 11 is 2.40. The van der Waals surface area contributed by atoms with Crippen LogP contribution in [0.5, 0.6) is 5.75 Å². The minimum atomic E-state index is 0.208. The molecule has 0 aliphatic rings. The molecule has 0 amide bonds. The Morgan fingerprint density at radius 1 is 0.875 bits per heavy atom. The van der Waals surface area contributed by atoms with Crippen LogP contribution in [0.1, 0.15) is 51.2 Å². The molecule has 0 bridgehead atoms. The van der Waals surface area contributed by atoms with Crippen molar-refractivity contribution in [3.63, 3.8) is 0 Å². The number of halogens is 1. The normalized spacial score (nSPS) is 13.0. The third-order valence-electron chi connectivity index (χ3n) is 4.60. The van der Waals surface area contributed by atoms with Gasteiger partial charge in [0.2, 0.25) is 0 Å². The summed E-state index contributed by atoms with van der Waals surface area (Å²) in [5.41, 5.74) is 2.32. The summed E-state index contributed by atoms with van der Waals surface area (Å²) < 4.78 is 1.25. The van der Waals surface area contributed by atoms with Crippen molar-refractivity contribution < 1.29 is 5.11 Å². The van der Waals surface area contributed by atoms with Crippen LogP contribution in [0.3, 0.4) is 0 Å². The Bertz CT molecular complexity index is 600. The summed E-state index contributed by atoms with van der Waals surface area (Å²) in [6, 6.07) is 17.3. The predicted octanol–water partition coefficient (Wildman–Crippen LogP) is 5.64. The van der Waals surface area contributed by atoms with Gasteiger partial charge in [-0.3, -0.25) is 4.90 Å². The number of phenols is 1. The second-order valence-corrected chi connectivity index (χ2v) is 8.01. The molecule has 0 aromatic heterocycles. The number of nitrogens with zero attached hydrogens (tertiary/aromatic N) is 1. The highest BCUT2D eigenvalue weighted by atomic mass is 127. The molecule has 2 aromatic carbocycles. The van der Waals surface area contributed by atoms with E-state index in [9.17, 15) is 5.11 Å². The second-order valence-electron chi connectivity index (χ2n) is 6.85. The fourth-order valence-electron chi connectivity index (χ4n) is 3.41. The molecule has 0 heterocycles. The molecule has 2 aromatic rings. The summed E-state index contributed by atoms with van der Waals surface area (Å²) in [6.07, 6.45) is 0.994. The number of rotatable bonds is 7. The van der Waals surface area contributed by atoms with Gasteiger partial charge < -0.3 is 5.11 Å². The fourth-order valence-corrected chi connectivity index (χ4v) is 4.17. The Kier molecular flexibility index (Phi) is 7.11. The topological polar surface area (TPSA) is 23.5 Å². The molecular weight excluding hydrogens is 409 g/mol. The van der Waals surface area contributed by atoms with E-state index in [-0.39, 0.29) is 5.92 Å². The van der Waals surface area contributed by atoms with Crippen molar-refractivity contribution in [3.05, 3.63) is 63.2 Å². The minimum Gasteiger partial charge on any atom is -0.508 e. The van der Waals surface area contributed by atoms with Crippen LogP contribution in [-0.4, -0.2) is 28.6 Å². The zero-order chi connectivity index (χ0) is 17.7. The van der Waals surface area contributed by atoms with Crippen LogP contribution in [0.25, 0.3) is 0 Å². The molecule has 0 saturated carbocycles. The molecule has 0 unspecified atom stereocenters. The number of hydrogen-bond acceptors (Lipinski definition) is 2. The molecule has 0 fully saturated rings. The van der Waals surface area contributed by atoms with E-state index in [4.69, 9.17) is 0 Å². The van der Waals surface area contributed by atoms with Crippen LogP contribution in [-0.2, 0) is 0 Å². The lowest BCUT2D eigenvalue weighted by atomic mass is 9.87. The highest BCUT2D eigenvalue weighted by Gasteiger charge is 2.22. The number of para-hydroxylation sites is 1. The van der Waals surface area contributed by atoms with E-state index in [2.05, 4.69) is 85.5 Å². The first kappa shape index (κ1) is 19.3. The molecule has 2 nitrogen and oxygen atoms in total. The quantitative estimate of drug-likeness (QED) is 0.567. The number of phenolic OH excluding ortho intramolecular Hbond substituents is 1. The molecule has 0 spiro atoms. The Morgan fingerprint density at radius 3 is 1.96 bits per heavy atom. The highest BCUT2D eigenvalue weighted by molar-refractivity contribution is 14.1. The lowest BCUT2D eigenvalue weighted by Gasteiger charge is -2.32. The second kappa shape index (κ2) is 8.86. The van der Waals surface area contributed by atoms with E-state index in [1.54, 1.807) is 6.07 Å². The standard InChI is InChI=1S/C21H28INO/c1-15(2)23(16(3)4)14-13-17(18-9-5-7-11-20(18)22)19-10-6-8-12-21(19)24/h5-12,15-17,24H,13-14H2,1-4H3/t17-/m0/s1. The summed E-state index contributed by atoms with van der Waals surface area (Å²) in [4.78, 5) is 2.52. The zero-order valence-electron chi connectivity index (χ0n) is 15.0. The summed E-state index contributed by atoms with van der Waals surface area (Å²) in [5, 5.41) is 10.4. The summed E-state index contributed by atoms with van der Waals surface area (Å²) in [6.45, 7) is 10.0. The first-order chi connectivity index (χ1) is 11.4. The minimum absolute atomic E-state index is 0.208. The van der Waals surface area contributed by atoms with E-state index < -0.39 is 0 Å². The monoisotopic (exact) mass is 437 g/mol. The smallest absolute Gasteiger partial charge is 0.119 e. The lowest BCUT2D eigenvalue weighted by molar-refractivity contribution is 0.170. The third kappa shape index (κ3) is 4.73. The molecule has 1 N–H and O–H groups in total. The van der Waals surface area contributed by atoms with Crippen molar-refractivity contribution in [1.82, 2.24) is 4.90 Å². The van der Waals surface area contributed by atoms with Crippen molar-refractivity contribution in [2.75, 3.05) is 6.54 Å². The summed E-state index contributed by atoms with van der Waals surface area (Å²) in [5.74, 6) is 0.599. The van der Waals surface area contributed by atoms with Gasteiger partial charge in [0, 0.05) is 27.1 Å². The van der Waals surface area contributed by atoms with E-state index in [1.807, 2.05) is 12.1 Å². The van der Waals surface area contributed by atoms with Gasteiger partial charge in [0.25, 0.3) is 0 Å². The molecule has 0 radical (unpaired) electrons. The Labute approximate surface area is 160 Å². The SMILES string of the molecule is CC(C)N(CC[C@H](c1ccccc1O)c1ccccc1I)C(C)C. The Balaban J connectivity index is 2.34. The molecule has 3 heteroatoms. The van der Waals surface area contributed by atoms with Crippen LogP contribution >= 0.6 is 22.6 Å². The number of benzene rings is 2. The van der Waals surface area contributed by atoms with Gasteiger partial charge in [-0.15, -0.1) is 0 Å². The van der Waals surface area contributed by atoms with Crippen LogP contribution in [0.4, 0.5) is 0 Å². The number of hydrogen-bond donors (Lipinski definition) is 1. The van der Waals surface area contributed by atoms with E-state index in [1.165, 1.54) is 9.13 Å². The maximum Gasteiger partial charge on any atom is 0.119 e.